The van der Waals surface area contributed by atoms with Gasteiger partial charge in [0.05, 0.1) is 6.04 Å². The van der Waals surface area contributed by atoms with E-state index in [9.17, 15) is 9.59 Å². The molecule has 3 nitrogen and oxygen atoms in total. The Kier molecular flexibility index (Phi) is 4.23. The Morgan fingerprint density at radius 1 is 1.38 bits per heavy atom. The lowest BCUT2D eigenvalue weighted by atomic mass is 10.0. The number of benzene rings is 1. The fourth-order valence-corrected chi connectivity index (χ4v) is 1.38. The highest BCUT2D eigenvalue weighted by atomic mass is 16.2. The van der Waals surface area contributed by atoms with E-state index < -0.39 is 6.04 Å². The van der Waals surface area contributed by atoms with Crippen LogP contribution in [0.25, 0.3) is 0 Å². The van der Waals surface area contributed by atoms with E-state index in [1.54, 1.807) is 12.1 Å². The summed E-state index contributed by atoms with van der Waals surface area (Å²) < 4.78 is 0. The Labute approximate surface area is 95.9 Å². The van der Waals surface area contributed by atoms with Crippen molar-refractivity contribution in [1.29, 1.82) is 0 Å². The van der Waals surface area contributed by atoms with E-state index in [0.29, 0.717) is 5.56 Å². The SMILES string of the molecule is Cc1cccc(C(=O)NC(C=O)C(C)C)c1. The van der Waals surface area contributed by atoms with Crippen LogP contribution in [0.4, 0.5) is 0 Å². The minimum absolute atomic E-state index is 0.103. The second kappa shape index (κ2) is 5.45. The molecule has 1 aromatic rings. The lowest BCUT2D eigenvalue weighted by Gasteiger charge is -2.16. The lowest BCUT2D eigenvalue weighted by molar-refractivity contribution is -0.110. The Bertz CT molecular complexity index is 385. The zero-order chi connectivity index (χ0) is 12.1. The number of nitrogens with one attached hydrogen (secondary N) is 1. The van der Waals surface area contributed by atoms with E-state index in [0.717, 1.165) is 11.8 Å². The molecule has 1 unspecified atom stereocenters. The van der Waals surface area contributed by atoms with Gasteiger partial charge in [-0.25, -0.2) is 0 Å². The first-order valence-corrected chi connectivity index (χ1v) is 5.37. The number of aldehydes is 1. The van der Waals surface area contributed by atoms with Gasteiger partial charge in [-0.15, -0.1) is 0 Å². The molecule has 0 heterocycles. The highest BCUT2D eigenvalue weighted by Crippen LogP contribution is 2.05. The molecular weight excluding hydrogens is 202 g/mol. The normalized spacial score (nSPS) is 12.2. The van der Waals surface area contributed by atoms with Crippen molar-refractivity contribution in [3.05, 3.63) is 35.4 Å². The zero-order valence-electron chi connectivity index (χ0n) is 9.86. The highest BCUT2D eigenvalue weighted by Gasteiger charge is 2.15. The van der Waals surface area contributed by atoms with Gasteiger partial charge in [0.2, 0.25) is 0 Å². The first-order valence-electron chi connectivity index (χ1n) is 5.37. The standard InChI is InChI=1S/C13H17NO2/c1-9(2)12(8-15)14-13(16)11-6-4-5-10(3)7-11/h4-9,12H,1-3H3,(H,14,16). The largest absolute Gasteiger partial charge is 0.342 e. The third kappa shape index (κ3) is 3.19. The Morgan fingerprint density at radius 3 is 2.56 bits per heavy atom. The van der Waals surface area contributed by atoms with Crippen molar-refractivity contribution >= 4 is 12.2 Å². The van der Waals surface area contributed by atoms with Crippen LogP contribution in [0.1, 0.15) is 29.8 Å². The fourth-order valence-electron chi connectivity index (χ4n) is 1.38. The molecule has 0 aliphatic rings. The Hall–Kier alpha value is -1.64. The van der Waals surface area contributed by atoms with Gasteiger partial charge < -0.3 is 10.1 Å². The maximum Gasteiger partial charge on any atom is 0.251 e. The van der Waals surface area contributed by atoms with Crippen molar-refractivity contribution < 1.29 is 9.59 Å². The summed E-state index contributed by atoms with van der Waals surface area (Å²) in [5.41, 5.74) is 1.62. The molecule has 1 amide bonds. The molecule has 1 aromatic carbocycles. The number of rotatable bonds is 4. The van der Waals surface area contributed by atoms with Crippen LogP contribution in [-0.2, 0) is 4.79 Å². The molecule has 0 saturated carbocycles. The van der Waals surface area contributed by atoms with Gasteiger partial charge in [-0.05, 0) is 25.0 Å². The third-order valence-electron chi connectivity index (χ3n) is 2.44. The maximum atomic E-state index is 11.8. The molecular formula is C13H17NO2. The molecule has 0 aliphatic heterocycles. The van der Waals surface area contributed by atoms with Gasteiger partial charge in [0.1, 0.15) is 6.29 Å². The van der Waals surface area contributed by atoms with Crippen LogP contribution < -0.4 is 5.32 Å². The summed E-state index contributed by atoms with van der Waals surface area (Å²) in [6.07, 6.45) is 0.776. The summed E-state index contributed by atoms with van der Waals surface area (Å²) >= 11 is 0. The topological polar surface area (TPSA) is 46.2 Å². The second-order valence-corrected chi connectivity index (χ2v) is 4.25. The van der Waals surface area contributed by atoms with Gasteiger partial charge in [0, 0.05) is 5.56 Å². The average Bonchev–Trinajstić information content (AvgIpc) is 2.25. The number of carbonyl (C=O) groups excluding carboxylic acids is 2. The molecule has 1 N–H and O–H groups in total. The minimum atomic E-state index is -0.423. The van der Waals surface area contributed by atoms with Crippen LogP contribution in [0.2, 0.25) is 0 Å². The Balaban J connectivity index is 2.75. The van der Waals surface area contributed by atoms with Crippen LogP contribution in [-0.4, -0.2) is 18.2 Å². The number of hydrogen-bond acceptors (Lipinski definition) is 2. The molecule has 0 fully saturated rings. The van der Waals surface area contributed by atoms with Gasteiger partial charge >= 0.3 is 0 Å². The summed E-state index contributed by atoms with van der Waals surface area (Å²) in [7, 11) is 0. The minimum Gasteiger partial charge on any atom is -0.342 e. The first-order chi connectivity index (χ1) is 7.54. The van der Waals surface area contributed by atoms with Crippen molar-refractivity contribution in [2.75, 3.05) is 0 Å². The van der Waals surface area contributed by atoms with Gasteiger partial charge in [-0.3, -0.25) is 4.79 Å². The van der Waals surface area contributed by atoms with Gasteiger partial charge in [0.25, 0.3) is 5.91 Å². The van der Waals surface area contributed by atoms with E-state index >= 15 is 0 Å². The predicted molar refractivity (Wildman–Crippen MR) is 63.3 cm³/mol. The second-order valence-electron chi connectivity index (χ2n) is 4.25. The molecule has 1 rings (SSSR count). The van der Waals surface area contributed by atoms with Crippen molar-refractivity contribution in [3.63, 3.8) is 0 Å². The van der Waals surface area contributed by atoms with Crippen LogP contribution in [0, 0.1) is 12.8 Å². The summed E-state index contributed by atoms with van der Waals surface area (Å²) in [5.74, 6) is -0.0965. The first kappa shape index (κ1) is 12.4. The van der Waals surface area contributed by atoms with E-state index in [-0.39, 0.29) is 11.8 Å². The maximum absolute atomic E-state index is 11.8. The molecule has 16 heavy (non-hydrogen) atoms. The van der Waals surface area contributed by atoms with Crippen molar-refractivity contribution in [2.24, 2.45) is 5.92 Å². The summed E-state index contributed by atoms with van der Waals surface area (Å²) in [6, 6.07) is 6.88. The molecule has 3 heteroatoms. The van der Waals surface area contributed by atoms with E-state index in [2.05, 4.69) is 5.32 Å². The smallest absolute Gasteiger partial charge is 0.251 e. The molecule has 1 atom stereocenters. The summed E-state index contributed by atoms with van der Waals surface area (Å²) in [5, 5.41) is 2.70. The third-order valence-corrected chi connectivity index (χ3v) is 2.44. The monoisotopic (exact) mass is 219 g/mol. The van der Waals surface area contributed by atoms with E-state index in [1.165, 1.54) is 0 Å². The predicted octanol–water partition coefficient (Wildman–Crippen LogP) is 1.95. The molecule has 0 bridgehead atoms. The quantitative estimate of drug-likeness (QED) is 0.787. The van der Waals surface area contributed by atoms with Gasteiger partial charge in [0.15, 0.2) is 0 Å². The van der Waals surface area contributed by atoms with E-state index in [4.69, 9.17) is 0 Å². The molecule has 0 aliphatic carbocycles. The molecule has 0 saturated heterocycles. The Morgan fingerprint density at radius 2 is 2.06 bits per heavy atom. The van der Waals surface area contributed by atoms with Gasteiger partial charge in [-0.2, -0.15) is 0 Å². The van der Waals surface area contributed by atoms with Crippen LogP contribution in [0.5, 0.6) is 0 Å². The highest BCUT2D eigenvalue weighted by molar-refractivity contribution is 5.95. The number of aryl methyl sites for hydroxylation is 1. The number of hydrogen-bond donors (Lipinski definition) is 1. The molecule has 86 valence electrons. The number of amides is 1. The van der Waals surface area contributed by atoms with Crippen LogP contribution >= 0.6 is 0 Å². The van der Waals surface area contributed by atoms with Crippen molar-refractivity contribution in [1.82, 2.24) is 5.32 Å². The van der Waals surface area contributed by atoms with Crippen molar-refractivity contribution in [2.45, 2.75) is 26.8 Å². The molecule has 0 aromatic heterocycles. The van der Waals surface area contributed by atoms with Crippen LogP contribution in [0.15, 0.2) is 24.3 Å². The summed E-state index contributed by atoms with van der Waals surface area (Å²) in [6.45, 7) is 5.72. The van der Waals surface area contributed by atoms with Crippen molar-refractivity contribution in [3.8, 4) is 0 Å². The lowest BCUT2D eigenvalue weighted by Crippen LogP contribution is -2.39. The fraction of sp³-hybridized carbons (Fsp3) is 0.385. The number of carbonyl (C=O) groups is 2. The average molecular weight is 219 g/mol. The van der Waals surface area contributed by atoms with Gasteiger partial charge in [-0.1, -0.05) is 31.5 Å². The zero-order valence-corrected chi connectivity index (χ0v) is 9.86. The van der Waals surface area contributed by atoms with E-state index in [1.807, 2.05) is 32.9 Å². The molecule has 0 radical (unpaired) electrons. The summed E-state index contributed by atoms with van der Waals surface area (Å²) in [4.78, 5) is 22.6. The van der Waals surface area contributed by atoms with Crippen LogP contribution in [0.3, 0.4) is 0 Å². The molecule has 0 spiro atoms.